The number of fused-ring (bicyclic) bond motifs is 1. The highest BCUT2D eigenvalue weighted by atomic mass is 32.2. The van der Waals surface area contributed by atoms with E-state index in [1.54, 1.807) is 6.07 Å². The molecule has 0 saturated carbocycles. The van der Waals surface area contributed by atoms with E-state index in [4.69, 9.17) is 10.5 Å². The number of hydrogen-bond acceptors (Lipinski definition) is 7. The molecule has 0 spiro atoms. The summed E-state index contributed by atoms with van der Waals surface area (Å²) in [5.41, 5.74) is 7.59. The molecule has 5 nitrogen and oxygen atoms in total. The van der Waals surface area contributed by atoms with Gasteiger partial charge in [-0.25, -0.2) is 14.2 Å². The highest BCUT2D eigenvalue weighted by Crippen LogP contribution is 2.45. The SMILES string of the molecule is CCCC1(CCc2cccc(F)c2)CC(O)=C(Sc2cc3sc(N)nc3cc2C(C)(C)C)C(=O)O1. The Kier molecular flexibility index (Phi) is 7.16. The molecule has 1 unspecified atom stereocenters. The normalized spacial score (nSPS) is 18.8. The highest BCUT2D eigenvalue weighted by molar-refractivity contribution is 8.04. The summed E-state index contributed by atoms with van der Waals surface area (Å²) >= 11 is 2.63. The molecule has 2 aromatic carbocycles. The molecule has 0 radical (unpaired) electrons. The van der Waals surface area contributed by atoms with E-state index >= 15 is 0 Å². The van der Waals surface area contributed by atoms with Gasteiger partial charge in [0.2, 0.25) is 0 Å². The van der Waals surface area contributed by atoms with Crippen molar-refractivity contribution in [2.45, 2.75) is 75.7 Å². The molecule has 0 amide bonds. The van der Waals surface area contributed by atoms with Crippen LogP contribution in [0.5, 0.6) is 0 Å². The maximum absolute atomic E-state index is 13.6. The Balaban J connectivity index is 1.64. The van der Waals surface area contributed by atoms with Crippen molar-refractivity contribution in [1.29, 1.82) is 0 Å². The number of halogens is 1. The van der Waals surface area contributed by atoms with Crippen LogP contribution in [0, 0.1) is 5.82 Å². The van der Waals surface area contributed by atoms with E-state index in [9.17, 15) is 14.3 Å². The fourth-order valence-corrected chi connectivity index (χ4v) is 6.58. The molecule has 186 valence electrons. The molecule has 3 N–H and O–H groups in total. The second kappa shape index (κ2) is 9.82. The number of carbonyl (C=O) groups excluding carboxylic acids is 1. The van der Waals surface area contributed by atoms with E-state index in [1.165, 1.54) is 35.2 Å². The minimum atomic E-state index is -0.810. The van der Waals surface area contributed by atoms with Crippen molar-refractivity contribution in [2.75, 3.05) is 5.73 Å². The number of hydrogen-bond donors (Lipinski definition) is 2. The first kappa shape index (κ1) is 25.5. The highest BCUT2D eigenvalue weighted by Gasteiger charge is 2.41. The van der Waals surface area contributed by atoms with Crippen molar-refractivity contribution >= 4 is 44.4 Å². The van der Waals surface area contributed by atoms with Gasteiger partial charge >= 0.3 is 5.97 Å². The number of nitrogen functional groups attached to an aromatic ring is 1. The number of aromatic nitrogens is 1. The summed E-state index contributed by atoms with van der Waals surface area (Å²) < 4.78 is 20.6. The van der Waals surface area contributed by atoms with Crippen molar-refractivity contribution < 1.29 is 19.0 Å². The van der Waals surface area contributed by atoms with E-state index < -0.39 is 11.6 Å². The van der Waals surface area contributed by atoms with Gasteiger partial charge in [-0.3, -0.25) is 0 Å². The van der Waals surface area contributed by atoms with Gasteiger partial charge in [-0.15, -0.1) is 0 Å². The van der Waals surface area contributed by atoms with E-state index in [2.05, 4.69) is 25.8 Å². The lowest BCUT2D eigenvalue weighted by Crippen LogP contribution is -2.40. The van der Waals surface area contributed by atoms with Crippen molar-refractivity contribution in [2.24, 2.45) is 0 Å². The molecule has 0 fully saturated rings. The number of nitrogens with zero attached hydrogens (tertiary/aromatic N) is 1. The van der Waals surface area contributed by atoms with Gasteiger partial charge in [0.1, 0.15) is 22.1 Å². The second-order valence-electron chi connectivity index (χ2n) is 10.1. The Labute approximate surface area is 213 Å². The first-order chi connectivity index (χ1) is 16.5. The molecule has 1 atom stereocenters. The summed E-state index contributed by atoms with van der Waals surface area (Å²) in [5.74, 6) is -0.763. The zero-order chi connectivity index (χ0) is 25.4. The van der Waals surface area contributed by atoms with Crippen LogP contribution in [0.4, 0.5) is 9.52 Å². The number of ether oxygens (including phenoxy) is 1. The van der Waals surface area contributed by atoms with Crippen LogP contribution in [0.15, 0.2) is 52.0 Å². The summed E-state index contributed by atoms with van der Waals surface area (Å²) in [7, 11) is 0. The van der Waals surface area contributed by atoms with Crippen LogP contribution in [-0.4, -0.2) is 21.7 Å². The standard InChI is InChI=1S/C27H31FN2O3S2/c1-5-10-27(11-9-16-7-6-8-17(28)12-16)15-20(31)23(24(32)33-27)34-21-14-22-19(30-25(29)35-22)13-18(21)26(2,3)4/h6-8,12-14,31H,5,9-11,15H2,1-4H3,(H2,29,30). The third kappa shape index (κ3) is 5.64. The summed E-state index contributed by atoms with van der Waals surface area (Å²) in [5, 5.41) is 11.6. The average molecular weight is 515 g/mol. The predicted octanol–water partition coefficient (Wildman–Crippen LogP) is 7.30. The van der Waals surface area contributed by atoms with Gasteiger partial charge in [0, 0.05) is 11.3 Å². The van der Waals surface area contributed by atoms with E-state index in [1.807, 2.05) is 25.1 Å². The van der Waals surface area contributed by atoms with Gasteiger partial charge < -0.3 is 15.6 Å². The summed E-state index contributed by atoms with van der Waals surface area (Å²) in [6, 6.07) is 10.4. The van der Waals surface area contributed by atoms with Gasteiger partial charge in [0.15, 0.2) is 5.13 Å². The third-order valence-corrected chi connectivity index (χ3v) is 8.25. The minimum absolute atomic E-state index is 0.0442. The number of aliphatic hydroxyl groups excluding tert-OH is 1. The molecule has 0 saturated heterocycles. The van der Waals surface area contributed by atoms with Gasteiger partial charge in [-0.2, -0.15) is 0 Å². The number of aryl methyl sites for hydroxylation is 1. The van der Waals surface area contributed by atoms with Crippen LogP contribution < -0.4 is 5.73 Å². The minimum Gasteiger partial charge on any atom is -0.511 e. The van der Waals surface area contributed by atoms with Gasteiger partial charge in [0.05, 0.1) is 10.2 Å². The zero-order valence-electron chi connectivity index (χ0n) is 20.5. The molecule has 3 aromatic rings. The number of nitrogens with two attached hydrogens (primary N) is 1. The van der Waals surface area contributed by atoms with Crippen molar-refractivity contribution in [1.82, 2.24) is 4.98 Å². The van der Waals surface area contributed by atoms with Crippen molar-refractivity contribution in [3.63, 3.8) is 0 Å². The lowest BCUT2D eigenvalue weighted by atomic mass is 9.85. The Morgan fingerprint density at radius 3 is 2.69 bits per heavy atom. The fraction of sp³-hybridized carbons (Fsp3) is 0.407. The van der Waals surface area contributed by atoms with Crippen molar-refractivity contribution in [3.8, 4) is 0 Å². The number of thioether (sulfide) groups is 1. The molecule has 1 aliphatic heterocycles. The monoisotopic (exact) mass is 514 g/mol. The first-order valence-corrected chi connectivity index (χ1v) is 13.4. The zero-order valence-corrected chi connectivity index (χ0v) is 22.1. The van der Waals surface area contributed by atoms with Gasteiger partial charge in [-0.1, -0.05) is 69.3 Å². The number of anilines is 1. The molecule has 4 rings (SSSR count). The quantitative estimate of drug-likeness (QED) is 0.322. The summed E-state index contributed by atoms with van der Waals surface area (Å²) in [4.78, 5) is 18.7. The van der Waals surface area contributed by atoms with Crippen LogP contribution in [-0.2, 0) is 21.4 Å². The summed E-state index contributed by atoms with van der Waals surface area (Å²) in [6.45, 7) is 8.31. The van der Waals surface area contributed by atoms with Gasteiger partial charge in [-0.05, 0) is 60.1 Å². The number of cyclic esters (lactones) is 1. The number of thiazole rings is 1. The number of rotatable bonds is 7. The molecule has 0 bridgehead atoms. The largest absolute Gasteiger partial charge is 0.511 e. The molecule has 35 heavy (non-hydrogen) atoms. The lowest BCUT2D eigenvalue weighted by molar-refractivity contribution is -0.159. The Hall–Kier alpha value is -2.58. The van der Waals surface area contributed by atoms with E-state index in [0.717, 1.165) is 32.7 Å². The number of carbonyl (C=O) groups is 1. The van der Waals surface area contributed by atoms with Gasteiger partial charge in [0.25, 0.3) is 0 Å². The predicted molar refractivity (Wildman–Crippen MR) is 141 cm³/mol. The molecule has 8 heteroatoms. The fourth-order valence-electron chi connectivity index (χ4n) is 4.56. The number of aliphatic hydroxyl groups is 1. The smallest absolute Gasteiger partial charge is 0.349 e. The van der Waals surface area contributed by atoms with Crippen LogP contribution >= 0.6 is 23.1 Å². The maximum Gasteiger partial charge on any atom is 0.349 e. The molecule has 1 aliphatic rings. The number of benzene rings is 2. The molecule has 1 aromatic heterocycles. The Morgan fingerprint density at radius 1 is 1.26 bits per heavy atom. The van der Waals surface area contributed by atoms with Crippen LogP contribution in [0.1, 0.15) is 64.5 Å². The van der Waals surface area contributed by atoms with E-state index in [0.29, 0.717) is 24.4 Å². The van der Waals surface area contributed by atoms with Crippen LogP contribution in [0.2, 0.25) is 0 Å². The Morgan fingerprint density at radius 2 is 2.03 bits per heavy atom. The molecular formula is C27H31FN2O3S2. The first-order valence-electron chi connectivity index (χ1n) is 11.8. The average Bonchev–Trinajstić information content (AvgIpc) is 3.13. The number of esters is 1. The molecular weight excluding hydrogens is 483 g/mol. The molecule has 0 aliphatic carbocycles. The lowest BCUT2D eigenvalue weighted by Gasteiger charge is -2.37. The molecule has 2 heterocycles. The maximum atomic E-state index is 13.6. The second-order valence-corrected chi connectivity index (χ2v) is 12.2. The van der Waals surface area contributed by atoms with Crippen LogP contribution in [0.25, 0.3) is 10.2 Å². The van der Waals surface area contributed by atoms with Crippen molar-refractivity contribution in [3.05, 3.63) is 64.0 Å². The Bertz CT molecular complexity index is 1300. The third-order valence-electron chi connectivity index (χ3n) is 6.24. The summed E-state index contributed by atoms with van der Waals surface area (Å²) in [6.07, 6.45) is 2.72. The topological polar surface area (TPSA) is 85.4 Å². The van der Waals surface area contributed by atoms with Crippen LogP contribution in [0.3, 0.4) is 0 Å². The van der Waals surface area contributed by atoms with E-state index in [-0.39, 0.29) is 28.3 Å².